The molecule has 12 rings (SSSR count). The Morgan fingerprint density at radius 3 is 1.24 bits per heavy atom. The van der Waals surface area contributed by atoms with E-state index in [0.717, 1.165) is 40.9 Å². The summed E-state index contributed by atoms with van der Waals surface area (Å²) >= 11 is 0. The van der Waals surface area contributed by atoms with Gasteiger partial charge in [0.05, 0.1) is 40.5 Å². The highest BCUT2D eigenvalue weighted by Gasteiger charge is 2.32. The van der Waals surface area contributed by atoms with Crippen LogP contribution in [0, 0.1) is 0 Å². The Morgan fingerprint density at radius 2 is 0.759 bits per heavy atom. The van der Waals surface area contributed by atoms with Crippen LogP contribution in [0.25, 0.3) is 101 Å². The van der Waals surface area contributed by atoms with Gasteiger partial charge in [-0.2, -0.15) is 0 Å². The minimum atomic E-state index is 0.420. The third kappa shape index (κ3) is 5.10. The van der Waals surface area contributed by atoms with Gasteiger partial charge in [0.25, 0.3) is 0 Å². The molecule has 0 N–H and O–H groups in total. The first kappa shape index (κ1) is 32.5. The Kier molecular flexibility index (Phi) is 7.22. The molecule has 0 aliphatic heterocycles. The Labute approximate surface area is 333 Å². The van der Waals surface area contributed by atoms with E-state index in [1.54, 1.807) is 0 Å². The van der Waals surface area contributed by atoms with Crippen molar-refractivity contribution in [3.63, 3.8) is 0 Å². The number of para-hydroxylation sites is 1. The molecule has 11 aromatic rings. The van der Waals surface area contributed by atoms with E-state index in [0.29, 0.717) is 23.3 Å². The second-order valence-corrected chi connectivity index (χ2v) is 14.9. The molecule has 0 fully saturated rings. The van der Waals surface area contributed by atoms with Crippen molar-refractivity contribution < 1.29 is 0 Å². The lowest BCUT2D eigenvalue weighted by molar-refractivity contribution is 0.917. The number of nitrogens with zero attached hydrogens (tertiary/aromatic N) is 7. The van der Waals surface area contributed by atoms with Crippen LogP contribution in [-0.4, -0.2) is 34.1 Å². The van der Waals surface area contributed by atoms with Gasteiger partial charge in [-0.1, -0.05) is 127 Å². The molecule has 4 aromatic heterocycles. The number of aromatic nitrogens is 7. The average Bonchev–Trinajstić information content (AvgIpc) is 3.80. The fourth-order valence-corrected chi connectivity index (χ4v) is 8.90. The van der Waals surface area contributed by atoms with Gasteiger partial charge in [0, 0.05) is 27.6 Å². The summed E-state index contributed by atoms with van der Waals surface area (Å²) in [5.41, 5.74) is 11.2. The fourth-order valence-electron chi connectivity index (χ4n) is 8.90. The van der Waals surface area contributed by atoms with Gasteiger partial charge in [-0.3, -0.25) is 0 Å². The quantitative estimate of drug-likeness (QED) is 0.175. The van der Waals surface area contributed by atoms with Crippen molar-refractivity contribution in [3.8, 4) is 57.2 Å². The molecule has 4 heterocycles. The molecule has 58 heavy (non-hydrogen) atoms. The molecule has 0 radical (unpaired) electrons. The van der Waals surface area contributed by atoms with Crippen molar-refractivity contribution in [2.75, 3.05) is 0 Å². The smallest absolute Gasteiger partial charge is 0.201 e. The summed E-state index contributed by atoms with van der Waals surface area (Å²) in [7, 11) is 0. The molecule has 1 aliphatic rings. The first-order chi connectivity index (χ1) is 28.7. The van der Waals surface area contributed by atoms with E-state index in [1.807, 2.05) is 73.1 Å². The van der Waals surface area contributed by atoms with Crippen LogP contribution >= 0.6 is 0 Å². The van der Waals surface area contributed by atoms with Gasteiger partial charge in [-0.05, 0) is 81.9 Å². The zero-order valence-electron chi connectivity index (χ0n) is 31.3. The zero-order valence-corrected chi connectivity index (χ0v) is 31.3. The van der Waals surface area contributed by atoms with Crippen molar-refractivity contribution in [1.82, 2.24) is 34.1 Å². The number of aryl methyl sites for hydroxylation is 2. The molecule has 7 aromatic carbocycles. The van der Waals surface area contributed by atoms with E-state index < -0.39 is 0 Å². The maximum absolute atomic E-state index is 5.02. The zero-order chi connectivity index (χ0) is 38.2. The molecule has 0 unspecified atom stereocenters. The van der Waals surface area contributed by atoms with Crippen LogP contribution in [0.4, 0.5) is 0 Å². The first-order valence-electron chi connectivity index (χ1n) is 19.6. The molecular weight excluding hydrogens is 711 g/mol. The van der Waals surface area contributed by atoms with Crippen LogP contribution in [0.1, 0.15) is 11.1 Å². The van der Waals surface area contributed by atoms with Gasteiger partial charge in [-0.15, -0.1) is 0 Å². The monoisotopic (exact) mass is 743 g/mol. The van der Waals surface area contributed by atoms with Crippen LogP contribution in [0.5, 0.6) is 0 Å². The lowest BCUT2D eigenvalue weighted by atomic mass is 9.91. The molecule has 0 saturated carbocycles. The highest BCUT2D eigenvalue weighted by molar-refractivity contribution is 6.07. The van der Waals surface area contributed by atoms with Gasteiger partial charge >= 0.3 is 0 Å². The molecule has 272 valence electrons. The van der Waals surface area contributed by atoms with Gasteiger partial charge in [0.1, 0.15) is 0 Å². The molecule has 1 aliphatic carbocycles. The highest BCUT2D eigenvalue weighted by atomic mass is 15.1. The summed E-state index contributed by atoms with van der Waals surface area (Å²) in [6, 6.07) is 57.5. The standard InChI is InChI=1S/C51H33N7/c1-4-14-32(15-5-1)48-54-49(33-16-6-2-7-17-33)56-51(55-48)50-52-30-39(31-53-50)58-45-29-37-21-13-11-19-35(37)27-43(45)41-25-24-40-42-26-34-18-10-12-20-36(34)28-44(42)57(46(40)47(41)58)38-22-8-3-9-23-38/h1-23,26-31H,24-25H2. The summed E-state index contributed by atoms with van der Waals surface area (Å²) in [6.45, 7) is 0. The number of hydrogen-bond donors (Lipinski definition) is 0. The van der Waals surface area contributed by atoms with Crippen molar-refractivity contribution >= 4 is 43.4 Å². The Bertz CT molecular complexity index is 3310. The van der Waals surface area contributed by atoms with Crippen molar-refractivity contribution in [3.05, 3.63) is 187 Å². The SMILES string of the molecule is c1ccc(-c2nc(-c3ccccc3)nc(-c3ncc(-n4c5c(c6cc7ccccc7cc64)CCc4c-5n(-c5ccccc5)c5cc6ccccc6cc45)cn3)n2)cc1. The molecule has 0 bridgehead atoms. The minimum Gasteiger partial charge on any atom is -0.307 e. The summed E-state index contributed by atoms with van der Waals surface area (Å²) in [6.07, 6.45) is 5.69. The van der Waals surface area contributed by atoms with E-state index in [-0.39, 0.29) is 0 Å². The largest absolute Gasteiger partial charge is 0.307 e. The second kappa shape index (κ2) is 12.9. The number of fused-ring (bicyclic) bond motifs is 9. The van der Waals surface area contributed by atoms with E-state index in [9.17, 15) is 0 Å². The summed E-state index contributed by atoms with van der Waals surface area (Å²) in [5, 5.41) is 7.41. The molecule has 0 saturated heterocycles. The minimum absolute atomic E-state index is 0.420. The summed E-state index contributed by atoms with van der Waals surface area (Å²) < 4.78 is 4.86. The third-order valence-electron chi connectivity index (χ3n) is 11.5. The van der Waals surface area contributed by atoms with E-state index in [1.165, 1.54) is 60.3 Å². The van der Waals surface area contributed by atoms with E-state index >= 15 is 0 Å². The average molecular weight is 744 g/mol. The Hall–Kier alpha value is -7.77. The Balaban J connectivity index is 1.11. The van der Waals surface area contributed by atoms with E-state index in [2.05, 4.69) is 112 Å². The van der Waals surface area contributed by atoms with E-state index in [4.69, 9.17) is 24.9 Å². The Morgan fingerprint density at radius 1 is 0.362 bits per heavy atom. The lowest BCUT2D eigenvalue weighted by Crippen LogP contribution is -2.10. The lowest BCUT2D eigenvalue weighted by Gasteiger charge is -2.21. The molecule has 0 spiro atoms. The molecule has 0 amide bonds. The predicted octanol–water partition coefficient (Wildman–Crippen LogP) is 11.6. The van der Waals surface area contributed by atoms with Gasteiger partial charge < -0.3 is 9.13 Å². The third-order valence-corrected chi connectivity index (χ3v) is 11.5. The van der Waals surface area contributed by atoms with Crippen LogP contribution < -0.4 is 0 Å². The molecule has 0 atom stereocenters. The number of benzene rings is 7. The highest BCUT2D eigenvalue weighted by Crippen LogP contribution is 2.48. The number of hydrogen-bond acceptors (Lipinski definition) is 5. The summed E-state index contributed by atoms with van der Waals surface area (Å²) in [5.74, 6) is 2.00. The number of rotatable bonds is 5. The van der Waals surface area contributed by atoms with Crippen LogP contribution in [0.2, 0.25) is 0 Å². The summed E-state index contributed by atoms with van der Waals surface area (Å²) in [4.78, 5) is 24.7. The molecular formula is C51H33N7. The van der Waals surface area contributed by atoms with Gasteiger partial charge in [-0.25, -0.2) is 24.9 Å². The van der Waals surface area contributed by atoms with Crippen LogP contribution in [0.3, 0.4) is 0 Å². The van der Waals surface area contributed by atoms with Crippen molar-refractivity contribution in [2.24, 2.45) is 0 Å². The van der Waals surface area contributed by atoms with Crippen molar-refractivity contribution in [2.45, 2.75) is 12.8 Å². The van der Waals surface area contributed by atoms with Crippen molar-refractivity contribution in [1.29, 1.82) is 0 Å². The molecule has 7 nitrogen and oxygen atoms in total. The second-order valence-electron chi connectivity index (χ2n) is 14.9. The van der Waals surface area contributed by atoms with Crippen LogP contribution in [-0.2, 0) is 12.8 Å². The predicted molar refractivity (Wildman–Crippen MR) is 233 cm³/mol. The van der Waals surface area contributed by atoms with Crippen LogP contribution in [0.15, 0.2) is 176 Å². The maximum atomic E-state index is 5.02. The fraction of sp³-hybridized carbons (Fsp3) is 0.0392. The maximum Gasteiger partial charge on any atom is 0.201 e. The normalized spacial score (nSPS) is 12.3. The molecule has 7 heteroatoms. The topological polar surface area (TPSA) is 74.3 Å². The first-order valence-corrected chi connectivity index (χ1v) is 19.6. The van der Waals surface area contributed by atoms with Gasteiger partial charge in [0.15, 0.2) is 17.5 Å². The van der Waals surface area contributed by atoms with Gasteiger partial charge in [0.2, 0.25) is 5.82 Å².